The van der Waals surface area contributed by atoms with E-state index in [1.54, 1.807) is 12.1 Å². The average molecular weight is 362 g/mol. The van der Waals surface area contributed by atoms with Crippen LogP contribution in [0.25, 0.3) is 0 Å². The number of esters is 2. The summed E-state index contributed by atoms with van der Waals surface area (Å²) in [5, 5.41) is 8.98. The van der Waals surface area contributed by atoms with Gasteiger partial charge in [0.15, 0.2) is 11.5 Å². The highest BCUT2D eigenvalue weighted by Crippen LogP contribution is 2.41. The predicted octanol–water partition coefficient (Wildman–Crippen LogP) is 3.36. The third-order valence-electron chi connectivity index (χ3n) is 3.32. The molecule has 0 atom stereocenters. The Labute approximate surface area is 154 Å². The lowest BCUT2D eigenvalue weighted by Gasteiger charge is -2.18. The van der Waals surface area contributed by atoms with Gasteiger partial charge in [-0.05, 0) is 31.9 Å². The van der Waals surface area contributed by atoms with E-state index in [4.69, 9.17) is 19.3 Å². The van der Waals surface area contributed by atoms with E-state index < -0.39 is 11.9 Å². The van der Waals surface area contributed by atoms with Crippen LogP contribution in [-0.2, 0) is 16.0 Å². The molecule has 0 bridgehead atoms. The van der Waals surface area contributed by atoms with Crippen molar-refractivity contribution >= 4 is 11.9 Å². The van der Waals surface area contributed by atoms with Gasteiger partial charge in [-0.2, -0.15) is 0 Å². The summed E-state index contributed by atoms with van der Waals surface area (Å²) in [6.45, 7) is 12.3. The van der Waals surface area contributed by atoms with Crippen LogP contribution in [0.4, 0.5) is 0 Å². The molecule has 26 heavy (non-hydrogen) atoms. The van der Waals surface area contributed by atoms with Crippen molar-refractivity contribution in [2.24, 2.45) is 0 Å². The molecule has 6 heteroatoms. The molecule has 0 heterocycles. The van der Waals surface area contributed by atoms with Gasteiger partial charge in [0.1, 0.15) is 0 Å². The highest BCUT2D eigenvalue weighted by molar-refractivity contribution is 5.91. The Morgan fingerprint density at radius 3 is 2.19 bits per heavy atom. The maximum Gasteiger partial charge on any atom is 0.338 e. The molecule has 0 aliphatic carbocycles. The molecule has 0 amide bonds. The molecule has 142 valence electrons. The lowest BCUT2D eigenvalue weighted by Crippen LogP contribution is -2.15. The van der Waals surface area contributed by atoms with Gasteiger partial charge < -0.3 is 19.3 Å². The maximum absolute atomic E-state index is 12.1. The van der Waals surface area contributed by atoms with E-state index in [1.807, 2.05) is 6.92 Å². The van der Waals surface area contributed by atoms with Gasteiger partial charge in [0.25, 0.3) is 0 Å². The van der Waals surface area contributed by atoms with Crippen molar-refractivity contribution in [3.8, 4) is 17.2 Å². The first kappa shape index (κ1) is 21.4. The van der Waals surface area contributed by atoms with E-state index in [9.17, 15) is 9.59 Å². The number of rotatable bonds is 10. The van der Waals surface area contributed by atoms with Crippen LogP contribution in [0.5, 0.6) is 17.2 Å². The van der Waals surface area contributed by atoms with E-state index in [0.717, 1.165) is 12.0 Å². The molecule has 1 N–H and O–H groups in total. The second kappa shape index (κ2) is 10.4. The predicted molar refractivity (Wildman–Crippen MR) is 98.5 cm³/mol. The molecule has 0 aliphatic heterocycles. The number of carbonyl (C=O) groups is 2. The van der Waals surface area contributed by atoms with Crippen LogP contribution in [0.1, 0.15) is 39.2 Å². The maximum atomic E-state index is 12.1. The molecule has 1 rings (SSSR count). The summed E-state index contributed by atoms with van der Waals surface area (Å²) >= 11 is 0. The normalized spacial score (nSPS) is 10.2. The number of aliphatic hydroxyl groups is 1. The summed E-state index contributed by atoms with van der Waals surface area (Å²) in [5.74, 6) is -0.884. The Morgan fingerprint density at radius 2 is 1.65 bits per heavy atom. The number of hydrogen-bond acceptors (Lipinski definition) is 6. The number of benzene rings is 1. The average Bonchev–Trinajstić information content (AvgIpc) is 2.58. The van der Waals surface area contributed by atoms with Crippen molar-refractivity contribution in [2.75, 3.05) is 13.2 Å². The zero-order valence-corrected chi connectivity index (χ0v) is 15.6. The summed E-state index contributed by atoms with van der Waals surface area (Å²) in [6, 6.07) is 3.32. The van der Waals surface area contributed by atoms with Crippen LogP contribution in [0, 0.1) is 0 Å². The summed E-state index contributed by atoms with van der Waals surface area (Å²) in [7, 11) is 0. The van der Waals surface area contributed by atoms with E-state index in [2.05, 4.69) is 13.2 Å². The molecular weight excluding hydrogens is 336 g/mol. The van der Waals surface area contributed by atoms with Crippen LogP contribution in [0.3, 0.4) is 0 Å². The van der Waals surface area contributed by atoms with E-state index in [0.29, 0.717) is 18.6 Å². The molecule has 1 aromatic rings. The van der Waals surface area contributed by atoms with Gasteiger partial charge in [-0.3, -0.25) is 0 Å². The van der Waals surface area contributed by atoms with Crippen molar-refractivity contribution in [3.05, 3.63) is 42.0 Å². The second-order valence-corrected chi connectivity index (χ2v) is 5.90. The quantitative estimate of drug-likeness (QED) is 0.297. The standard InChI is InChI=1S/C20H26O6/c1-6-8-15-9-10-16(25-19(22)13(2)3)18(26-20(23)14(4)5)17(15)24-12-7-11-21/h9-10,21H,2,4,6-8,11-12H2,1,3,5H3. The monoisotopic (exact) mass is 362 g/mol. The van der Waals surface area contributed by atoms with Crippen LogP contribution in [0.15, 0.2) is 36.4 Å². The highest BCUT2D eigenvalue weighted by atomic mass is 16.6. The van der Waals surface area contributed by atoms with Crippen LogP contribution in [-0.4, -0.2) is 30.3 Å². The zero-order chi connectivity index (χ0) is 19.7. The molecule has 0 aromatic heterocycles. The Bertz CT molecular complexity index is 690. The van der Waals surface area contributed by atoms with Crippen molar-refractivity contribution in [2.45, 2.75) is 40.0 Å². The van der Waals surface area contributed by atoms with Gasteiger partial charge in [0.05, 0.1) is 6.61 Å². The fourth-order valence-corrected chi connectivity index (χ4v) is 1.99. The van der Waals surface area contributed by atoms with Crippen molar-refractivity contribution in [1.29, 1.82) is 0 Å². The summed E-state index contributed by atoms with van der Waals surface area (Å²) < 4.78 is 16.4. The van der Waals surface area contributed by atoms with Crippen molar-refractivity contribution in [1.82, 2.24) is 0 Å². The first-order valence-electron chi connectivity index (χ1n) is 8.46. The number of aliphatic hydroxyl groups excluding tert-OH is 1. The molecule has 0 aliphatic rings. The second-order valence-electron chi connectivity index (χ2n) is 5.90. The Morgan fingerprint density at radius 1 is 1.04 bits per heavy atom. The van der Waals surface area contributed by atoms with Crippen LogP contribution in [0.2, 0.25) is 0 Å². The van der Waals surface area contributed by atoms with Crippen LogP contribution < -0.4 is 14.2 Å². The third kappa shape index (κ3) is 6.04. The SMILES string of the molecule is C=C(C)C(=O)Oc1ccc(CCC)c(OCCCO)c1OC(=O)C(=C)C. The number of carbonyl (C=O) groups excluding carboxylic acids is 2. The lowest BCUT2D eigenvalue weighted by atomic mass is 10.1. The van der Waals surface area contributed by atoms with Crippen molar-refractivity contribution < 1.29 is 28.9 Å². The Hall–Kier alpha value is -2.60. The molecular formula is C20H26O6. The molecule has 0 spiro atoms. The highest BCUT2D eigenvalue weighted by Gasteiger charge is 2.22. The first-order valence-corrected chi connectivity index (χ1v) is 8.46. The molecule has 0 saturated heterocycles. The van der Waals surface area contributed by atoms with Gasteiger partial charge in [0, 0.05) is 24.2 Å². The van der Waals surface area contributed by atoms with Crippen molar-refractivity contribution in [3.63, 3.8) is 0 Å². The molecule has 0 unspecified atom stereocenters. The minimum absolute atomic E-state index is 0.0245. The van der Waals surface area contributed by atoms with E-state index in [-0.39, 0.29) is 35.9 Å². The molecule has 0 fully saturated rings. The van der Waals surface area contributed by atoms with Gasteiger partial charge in [-0.15, -0.1) is 0 Å². The largest absolute Gasteiger partial charge is 0.489 e. The summed E-state index contributed by atoms with van der Waals surface area (Å²) in [6.07, 6.45) is 1.94. The zero-order valence-electron chi connectivity index (χ0n) is 15.6. The fraction of sp³-hybridized carbons (Fsp3) is 0.400. The summed E-state index contributed by atoms with van der Waals surface area (Å²) in [5.41, 5.74) is 1.22. The lowest BCUT2D eigenvalue weighted by molar-refractivity contribution is -0.132. The smallest absolute Gasteiger partial charge is 0.338 e. The molecule has 1 aromatic carbocycles. The van der Waals surface area contributed by atoms with Gasteiger partial charge in [-0.25, -0.2) is 9.59 Å². The van der Waals surface area contributed by atoms with Gasteiger partial charge in [0.2, 0.25) is 5.75 Å². The minimum Gasteiger partial charge on any atom is -0.489 e. The van der Waals surface area contributed by atoms with Gasteiger partial charge >= 0.3 is 11.9 Å². The summed E-state index contributed by atoms with van der Waals surface area (Å²) in [4.78, 5) is 24.0. The van der Waals surface area contributed by atoms with E-state index in [1.165, 1.54) is 13.8 Å². The van der Waals surface area contributed by atoms with Crippen LogP contribution >= 0.6 is 0 Å². The number of hydrogen-bond donors (Lipinski definition) is 1. The first-order chi connectivity index (χ1) is 12.3. The third-order valence-corrected chi connectivity index (χ3v) is 3.32. The van der Waals surface area contributed by atoms with E-state index >= 15 is 0 Å². The molecule has 0 saturated carbocycles. The number of ether oxygens (including phenoxy) is 3. The molecule has 0 radical (unpaired) electrons. The Kier molecular flexibility index (Phi) is 8.58. The minimum atomic E-state index is -0.654. The number of aryl methyl sites for hydroxylation is 1. The van der Waals surface area contributed by atoms with Gasteiger partial charge in [-0.1, -0.05) is 32.6 Å². The Balaban J connectivity index is 3.39. The topological polar surface area (TPSA) is 82.1 Å². The fourth-order valence-electron chi connectivity index (χ4n) is 1.99. The molecule has 6 nitrogen and oxygen atoms in total.